The van der Waals surface area contributed by atoms with Crippen LogP contribution in [0.2, 0.25) is 0 Å². The van der Waals surface area contributed by atoms with Gasteiger partial charge in [-0.3, -0.25) is 4.98 Å². The number of fused-ring (bicyclic) bond motifs is 1. The molecule has 0 N–H and O–H groups in total. The molecule has 0 aliphatic heterocycles. The van der Waals surface area contributed by atoms with E-state index in [0.717, 1.165) is 22.2 Å². The first-order valence-corrected chi connectivity index (χ1v) is 5.66. The first kappa shape index (κ1) is 12.0. The summed E-state index contributed by atoms with van der Waals surface area (Å²) in [7, 11) is 1.59. The number of halogens is 1. The molecule has 0 fully saturated rings. The van der Waals surface area contributed by atoms with Gasteiger partial charge in [0.1, 0.15) is 6.67 Å². The summed E-state index contributed by atoms with van der Waals surface area (Å²) in [5.74, 6) is 0. The van der Waals surface area contributed by atoms with Crippen molar-refractivity contribution in [3.8, 4) is 0 Å². The number of nitrogens with zero attached hydrogens (tertiary/aromatic N) is 2. The predicted octanol–water partition coefficient (Wildman–Crippen LogP) is 2.81. The number of pyridine rings is 1. The molecule has 0 amide bonds. The van der Waals surface area contributed by atoms with E-state index in [1.165, 1.54) is 0 Å². The molecule has 4 heteroatoms. The highest BCUT2D eigenvalue weighted by atomic mass is 19.1. The van der Waals surface area contributed by atoms with Gasteiger partial charge in [-0.2, -0.15) is 0 Å². The van der Waals surface area contributed by atoms with Crippen LogP contribution >= 0.6 is 0 Å². The van der Waals surface area contributed by atoms with Crippen LogP contribution in [0.4, 0.5) is 4.39 Å². The summed E-state index contributed by atoms with van der Waals surface area (Å²) in [5.41, 5.74) is 4.05. The third-order valence-electron chi connectivity index (χ3n) is 2.92. The Hall–Kier alpha value is -1.42. The molecule has 1 atom stereocenters. The largest absolute Gasteiger partial charge is 0.382 e. The average molecular weight is 236 g/mol. The van der Waals surface area contributed by atoms with Gasteiger partial charge in [0.2, 0.25) is 0 Å². The van der Waals surface area contributed by atoms with Crippen molar-refractivity contribution >= 4 is 11.0 Å². The maximum absolute atomic E-state index is 13.0. The molecule has 0 radical (unpaired) electrons. The van der Waals surface area contributed by atoms with Gasteiger partial charge in [0, 0.05) is 19.5 Å². The Bertz CT molecular complexity index is 521. The molecule has 0 bridgehead atoms. The Kier molecular flexibility index (Phi) is 3.43. The van der Waals surface area contributed by atoms with E-state index < -0.39 is 6.67 Å². The zero-order valence-corrected chi connectivity index (χ0v) is 10.4. The zero-order chi connectivity index (χ0) is 12.4. The molecule has 0 unspecified atom stereocenters. The van der Waals surface area contributed by atoms with Crippen LogP contribution < -0.4 is 0 Å². The Balaban J connectivity index is 2.56. The third-order valence-corrected chi connectivity index (χ3v) is 2.92. The molecule has 92 valence electrons. The van der Waals surface area contributed by atoms with E-state index in [1.807, 2.05) is 36.9 Å². The molecule has 0 aliphatic carbocycles. The van der Waals surface area contributed by atoms with Crippen LogP contribution in [0.5, 0.6) is 0 Å². The van der Waals surface area contributed by atoms with Crippen molar-refractivity contribution in [1.82, 2.24) is 9.55 Å². The fourth-order valence-corrected chi connectivity index (χ4v) is 2.09. The first-order valence-electron chi connectivity index (χ1n) is 5.66. The van der Waals surface area contributed by atoms with Crippen molar-refractivity contribution in [3.05, 3.63) is 29.6 Å². The van der Waals surface area contributed by atoms with Gasteiger partial charge < -0.3 is 9.30 Å². The predicted molar refractivity (Wildman–Crippen MR) is 66.1 cm³/mol. The quantitative estimate of drug-likeness (QED) is 0.816. The van der Waals surface area contributed by atoms with Gasteiger partial charge in [-0.1, -0.05) is 0 Å². The molecule has 3 nitrogen and oxygen atoms in total. The minimum atomic E-state index is -0.439. The average Bonchev–Trinajstić information content (AvgIpc) is 2.63. The number of ether oxygens (including phenoxy) is 1. The van der Waals surface area contributed by atoms with Gasteiger partial charge >= 0.3 is 0 Å². The summed E-state index contributed by atoms with van der Waals surface area (Å²) < 4.78 is 20.0. The van der Waals surface area contributed by atoms with Gasteiger partial charge in [0.05, 0.1) is 23.7 Å². The van der Waals surface area contributed by atoms with Crippen molar-refractivity contribution in [3.63, 3.8) is 0 Å². The maximum atomic E-state index is 13.0. The van der Waals surface area contributed by atoms with Gasteiger partial charge in [-0.25, -0.2) is 4.39 Å². The topological polar surface area (TPSA) is 27.1 Å². The number of rotatable bonds is 4. The highest BCUT2D eigenvalue weighted by Gasteiger charge is 2.15. The molecule has 17 heavy (non-hydrogen) atoms. The van der Waals surface area contributed by atoms with Crippen LogP contribution in [-0.2, 0) is 4.74 Å². The SMILES string of the molecule is COC[C@@H](CF)n1cc(C)c2ncc(C)cc21. The molecule has 0 spiro atoms. The number of hydrogen-bond acceptors (Lipinski definition) is 2. The smallest absolute Gasteiger partial charge is 0.112 e. The van der Waals surface area contributed by atoms with Crippen molar-refractivity contribution in [2.75, 3.05) is 20.4 Å². The lowest BCUT2D eigenvalue weighted by molar-refractivity contribution is 0.142. The Morgan fingerprint density at radius 3 is 2.88 bits per heavy atom. The molecule has 2 heterocycles. The fraction of sp³-hybridized carbons (Fsp3) is 0.462. The molecule has 0 aromatic carbocycles. The molecule has 0 saturated carbocycles. The van der Waals surface area contributed by atoms with E-state index in [2.05, 4.69) is 4.98 Å². The highest BCUT2D eigenvalue weighted by molar-refractivity contribution is 5.80. The van der Waals surface area contributed by atoms with Crippen LogP contribution in [0.15, 0.2) is 18.5 Å². The normalized spacial score (nSPS) is 13.2. The number of alkyl halides is 1. The molecule has 2 aromatic heterocycles. The number of aromatic nitrogens is 2. The fourth-order valence-electron chi connectivity index (χ4n) is 2.09. The van der Waals surface area contributed by atoms with Gasteiger partial charge in [-0.05, 0) is 31.0 Å². The third kappa shape index (κ3) is 2.17. The second kappa shape index (κ2) is 4.84. The summed E-state index contributed by atoms with van der Waals surface area (Å²) >= 11 is 0. The van der Waals surface area contributed by atoms with Crippen molar-refractivity contribution in [2.45, 2.75) is 19.9 Å². The number of hydrogen-bond donors (Lipinski definition) is 0. The molecule has 0 saturated heterocycles. The van der Waals surface area contributed by atoms with E-state index in [0.29, 0.717) is 6.61 Å². The van der Waals surface area contributed by atoms with Crippen molar-refractivity contribution in [1.29, 1.82) is 0 Å². The van der Waals surface area contributed by atoms with Crippen LogP contribution in [0, 0.1) is 13.8 Å². The van der Waals surface area contributed by atoms with Crippen molar-refractivity contribution < 1.29 is 9.13 Å². The molecule has 2 aromatic rings. The molecular formula is C13H17FN2O. The number of aryl methyl sites for hydroxylation is 2. The minimum absolute atomic E-state index is 0.278. The van der Waals surface area contributed by atoms with Crippen LogP contribution in [0.25, 0.3) is 11.0 Å². The Labute approximate surface area is 100 Å². The summed E-state index contributed by atoms with van der Waals surface area (Å²) in [5, 5.41) is 0. The van der Waals surface area contributed by atoms with E-state index in [4.69, 9.17) is 4.74 Å². The lowest BCUT2D eigenvalue weighted by Crippen LogP contribution is -2.15. The first-order chi connectivity index (χ1) is 8.17. The monoisotopic (exact) mass is 236 g/mol. The Morgan fingerprint density at radius 2 is 2.24 bits per heavy atom. The summed E-state index contributed by atoms with van der Waals surface area (Å²) in [6, 6.07) is 1.76. The van der Waals surface area contributed by atoms with Crippen LogP contribution in [-0.4, -0.2) is 29.9 Å². The summed E-state index contributed by atoms with van der Waals surface area (Å²) in [6.45, 7) is 3.90. The van der Waals surface area contributed by atoms with Gasteiger partial charge in [-0.15, -0.1) is 0 Å². The van der Waals surface area contributed by atoms with Crippen molar-refractivity contribution in [2.24, 2.45) is 0 Å². The lowest BCUT2D eigenvalue weighted by atomic mass is 10.2. The zero-order valence-electron chi connectivity index (χ0n) is 10.4. The van der Waals surface area contributed by atoms with E-state index in [1.54, 1.807) is 7.11 Å². The second-order valence-corrected chi connectivity index (χ2v) is 4.36. The lowest BCUT2D eigenvalue weighted by Gasteiger charge is -2.15. The molecule has 2 rings (SSSR count). The second-order valence-electron chi connectivity index (χ2n) is 4.36. The molecular weight excluding hydrogens is 219 g/mol. The van der Waals surface area contributed by atoms with Crippen LogP contribution in [0.3, 0.4) is 0 Å². The van der Waals surface area contributed by atoms with E-state index in [-0.39, 0.29) is 6.04 Å². The standard InChI is InChI=1S/C13H17FN2O/c1-9-4-12-13(15-6-9)10(2)7-16(12)11(5-14)8-17-3/h4,6-7,11H,5,8H2,1-3H3/t11-/m1/s1. The van der Waals surface area contributed by atoms with Crippen LogP contribution in [0.1, 0.15) is 17.2 Å². The number of methoxy groups -OCH3 is 1. The summed E-state index contributed by atoms with van der Waals surface area (Å²) in [6.07, 6.45) is 3.78. The van der Waals surface area contributed by atoms with E-state index >= 15 is 0 Å². The minimum Gasteiger partial charge on any atom is -0.382 e. The summed E-state index contributed by atoms with van der Waals surface area (Å²) in [4.78, 5) is 4.39. The highest BCUT2D eigenvalue weighted by Crippen LogP contribution is 2.23. The molecule has 0 aliphatic rings. The maximum Gasteiger partial charge on any atom is 0.112 e. The van der Waals surface area contributed by atoms with Gasteiger partial charge in [0.15, 0.2) is 0 Å². The van der Waals surface area contributed by atoms with Gasteiger partial charge in [0.25, 0.3) is 0 Å². The Morgan fingerprint density at radius 1 is 1.47 bits per heavy atom. The van der Waals surface area contributed by atoms with E-state index in [9.17, 15) is 4.39 Å².